The molecule has 3 heterocycles. The van der Waals surface area contributed by atoms with Gasteiger partial charge in [-0.25, -0.2) is 13.1 Å². The second-order valence-corrected chi connectivity index (χ2v) is 7.94. The van der Waals surface area contributed by atoms with Crippen LogP contribution in [0.25, 0.3) is 17.1 Å². The van der Waals surface area contributed by atoms with Crippen molar-refractivity contribution in [3.8, 4) is 17.1 Å². The first-order valence-electron chi connectivity index (χ1n) is 7.59. The van der Waals surface area contributed by atoms with Crippen LogP contribution < -0.4 is 4.90 Å². The van der Waals surface area contributed by atoms with Crippen molar-refractivity contribution in [1.29, 1.82) is 0 Å². The second kappa shape index (κ2) is 5.75. The molecule has 0 amide bonds. The number of hydrogen-bond acceptors (Lipinski definition) is 6. The third-order valence-corrected chi connectivity index (χ3v) is 5.59. The lowest BCUT2D eigenvalue weighted by Gasteiger charge is -2.25. The highest BCUT2D eigenvalue weighted by Gasteiger charge is 2.24. The Morgan fingerprint density at radius 1 is 1.08 bits per heavy atom. The maximum atomic E-state index is 11.5. The molecule has 0 saturated carbocycles. The summed E-state index contributed by atoms with van der Waals surface area (Å²) < 4.78 is 24.8. The highest BCUT2D eigenvalue weighted by Crippen LogP contribution is 2.19. The van der Waals surface area contributed by atoms with Crippen LogP contribution in [0.15, 0.2) is 42.7 Å². The molecule has 1 aliphatic rings. The number of para-hydroxylation sites is 1. The zero-order valence-electron chi connectivity index (χ0n) is 12.8. The largest absolute Gasteiger partial charge is 0.338 e. The number of aromatic nitrogens is 5. The van der Waals surface area contributed by atoms with Crippen LogP contribution in [-0.2, 0) is 9.84 Å². The smallest absolute Gasteiger partial charge is 0.245 e. The first-order chi connectivity index (χ1) is 11.6. The summed E-state index contributed by atoms with van der Waals surface area (Å²) in [7, 11) is -2.92. The Labute approximate surface area is 139 Å². The van der Waals surface area contributed by atoms with Crippen LogP contribution in [0.1, 0.15) is 0 Å². The molecule has 1 fully saturated rings. The zero-order chi connectivity index (χ0) is 16.6. The molecule has 8 nitrogen and oxygen atoms in total. The van der Waals surface area contributed by atoms with Crippen LogP contribution in [0.2, 0.25) is 0 Å². The molecule has 9 heteroatoms. The summed E-state index contributed by atoms with van der Waals surface area (Å²) in [5.41, 5.74) is 1.78. The molecule has 2 aromatic heterocycles. The number of H-pyrrole nitrogens is 1. The number of anilines is 1. The van der Waals surface area contributed by atoms with E-state index >= 15 is 0 Å². The number of benzene rings is 1. The van der Waals surface area contributed by atoms with Gasteiger partial charge in [0, 0.05) is 19.3 Å². The molecule has 0 spiro atoms. The fraction of sp³-hybridized carbons (Fsp3) is 0.267. The van der Waals surface area contributed by atoms with Gasteiger partial charge in [0.1, 0.15) is 0 Å². The van der Waals surface area contributed by atoms with Crippen molar-refractivity contribution in [2.45, 2.75) is 0 Å². The van der Waals surface area contributed by atoms with Crippen LogP contribution >= 0.6 is 0 Å². The molecule has 0 aliphatic carbocycles. The van der Waals surface area contributed by atoms with E-state index in [0.717, 1.165) is 11.3 Å². The summed E-state index contributed by atoms with van der Waals surface area (Å²) >= 11 is 0. The van der Waals surface area contributed by atoms with Crippen molar-refractivity contribution in [2.75, 3.05) is 29.5 Å². The summed E-state index contributed by atoms with van der Waals surface area (Å²) in [4.78, 5) is 6.35. The van der Waals surface area contributed by atoms with Crippen LogP contribution in [0, 0.1) is 0 Å². The maximum Gasteiger partial charge on any atom is 0.245 e. The molecule has 1 N–H and O–H groups in total. The topological polar surface area (TPSA) is 96.8 Å². The number of aromatic amines is 1. The minimum atomic E-state index is -2.92. The first kappa shape index (κ1) is 14.9. The zero-order valence-corrected chi connectivity index (χ0v) is 13.6. The number of nitrogens with one attached hydrogen (secondary N) is 1. The Bertz CT molecular complexity index is 933. The van der Waals surface area contributed by atoms with Gasteiger partial charge in [0.05, 0.1) is 29.0 Å². The molecule has 24 heavy (non-hydrogen) atoms. The monoisotopic (exact) mass is 344 g/mol. The van der Waals surface area contributed by atoms with E-state index in [-0.39, 0.29) is 11.5 Å². The maximum absolute atomic E-state index is 11.5. The Balaban J connectivity index is 1.54. The van der Waals surface area contributed by atoms with Crippen molar-refractivity contribution in [3.63, 3.8) is 0 Å². The molecule has 124 valence electrons. The molecular formula is C15H16N6O2S. The first-order valence-corrected chi connectivity index (χ1v) is 9.41. The van der Waals surface area contributed by atoms with Crippen molar-refractivity contribution in [2.24, 2.45) is 0 Å². The Hall–Kier alpha value is -2.68. The highest BCUT2D eigenvalue weighted by molar-refractivity contribution is 7.91. The van der Waals surface area contributed by atoms with E-state index in [2.05, 4.69) is 20.3 Å². The van der Waals surface area contributed by atoms with Crippen molar-refractivity contribution < 1.29 is 8.42 Å². The highest BCUT2D eigenvalue weighted by atomic mass is 32.2. The van der Waals surface area contributed by atoms with Gasteiger partial charge in [0.2, 0.25) is 5.95 Å². The van der Waals surface area contributed by atoms with Crippen molar-refractivity contribution in [1.82, 2.24) is 25.0 Å². The molecule has 1 aromatic carbocycles. The van der Waals surface area contributed by atoms with Gasteiger partial charge in [-0.05, 0) is 12.1 Å². The standard InChI is InChI=1S/C15H16N6O2S/c22-24(23)8-6-20(7-9-24)15-17-14(18-19-15)12-10-16-21(11-12)13-4-2-1-3-5-13/h1-5,10-11H,6-9H2,(H,17,18,19). The fourth-order valence-corrected chi connectivity index (χ4v) is 3.80. The minimum Gasteiger partial charge on any atom is -0.338 e. The number of rotatable bonds is 3. The average Bonchev–Trinajstić information content (AvgIpc) is 3.25. The Morgan fingerprint density at radius 2 is 1.83 bits per heavy atom. The summed E-state index contributed by atoms with van der Waals surface area (Å²) in [5.74, 6) is 1.42. The molecule has 1 aliphatic heterocycles. The van der Waals surface area contributed by atoms with Crippen LogP contribution in [-0.4, -0.2) is 58.0 Å². The van der Waals surface area contributed by atoms with E-state index in [1.807, 2.05) is 41.4 Å². The van der Waals surface area contributed by atoms with Gasteiger partial charge in [0.15, 0.2) is 15.7 Å². The predicted octanol–water partition coefficient (Wildman–Crippen LogP) is 0.892. The van der Waals surface area contributed by atoms with Gasteiger partial charge >= 0.3 is 0 Å². The van der Waals surface area contributed by atoms with E-state index in [1.165, 1.54) is 0 Å². The van der Waals surface area contributed by atoms with Gasteiger partial charge in [-0.1, -0.05) is 18.2 Å². The van der Waals surface area contributed by atoms with E-state index in [0.29, 0.717) is 24.9 Å². The number of nitrogens with zero attached hydrogens (tertiary/aromatic N) is 5. The third kappa shape index (κ3) is 2.90. The van der Waals surface area contributed by atoms with Gasteiger partial charge < -0.3 is 4.90 Å². The van der Waals surface area contributed by atoms with Crippen molar-refractivity contribution in [3.05, 3.63) is 42.7 Å². The van der Waals surface area contributed by atoms with E-state index in [4.69, 9.17) is 0 Å². The van der Waals surface area contributed by atoms with Crippen LogP contribution in [0.5, 0.6) is 0 Å². The average molecular weight is 344 g/mol. The predicted molar refractivity (Wildman–Crippen MR) is 89.8 cm³/mol. The van der Waals surface area contributed by atoms with Crippen molar-refractivity contribution >= 4 is 15.8 Å². The molecule has 0 unspecified atom stereocenters. The molecule has 0 atom stereocenters. The van der Waals surface area contributed by atoms with E-state index in [9.17, 15) is 8.42 Å². The molecule has 0 bridgehead atoms. The number of sulfone groups is 1. The van der Waals surface area contributed by atoms with Crippen LogP contribution in [0.3, 0.4) is 0 Å². The van der Waals surface area contributed by atoms with Gasteiger partial charge in [-0.3, -0.25) is 5.10 Å². The van der Waals surface area contributed by atoms with E-state index < -0.39 is 9.84 Å². The molecule has 0 radical (unpaired) electrons. The summed E-state index contributed by atoms with van der Waals surface area (Å²) in [6.45, 7) is 0.839. The quantitative estimate of drug-likeness (QED) is 0.758. The third-order valence-electron chi connectivity index (χ3n) is 3.98. The Morgan fingerprint density at radius 3 is 2.58 bits per heavy atom. The summed E-state index contributed by atoms with van der Waals surface area (Å²) in [5, 5.41) is 11.4. The van der Waals surface area contributed by atoms with Crippen LogP contribution in [0.4, 0.5) is 5.95 Å². The van der Waals surface area contributed by atoms with Gasteiger partial charge in [0.25, 0.3) is 0 Å². The molecular weight excluding hydrogens is 328 g/mol. The van der Waals surface area contributed by atoms with E-state index in [1.54, 1.807) is 10.9 Å². The second-order valence-electron chi connectivity index (χ2n) is 5.63. The van der Waals surface area contributed by atoms with Gasteiger partial charge in [-0.2, -0.15) is 10.1 Å². The van der Waals surface area contributed by atoms with Gasteiger partial charge in [-0.15, -0.1) is 5.10 Å². The molecule has 3 aromatic rings. The summed E-state index contributed by atoms with van der Waals surface area (Å²) in [6.07, 6.45) is 3.60. The normalized spacial score (nSPS) is 17.1. The summed E-state index contributed by atoms with van der Waals surface area (Å²) in [6, 6.07) is 9.80. The molecule has 4 rings (SSSR count). The lowest BCUT2D eigenvalue weighted by molar-refractivity contribution is 0.585. The fourth-order valence-electron chi connectivity index (χ4n) is 2.60. The minimum absolute atomic E-state index is 0.142. The molecule has 1 saturated heterocycles. The lowest BCUT2D eigenvalue weighted by Crippen LogP contribution is -2.40. The number of hydrogen-bond donors (Lipinski definition) is 1. The SMILES string of the molecule is O=S1(=O)CCN(c2n[nH]c(-c3cnn(-c4ccccc4)c3)n2)CC1. The Kier molecular flexibility index (Phi) is 3.57. The lowest BCUT2D eigenvalue weighted by atomic mass is 10.3.